The molecule has 3 heterocycles. The normalized spacial score (nSPS) is 13.8. The minimum atomic E-state index is -0.635. The van der Waals surface area contributed by atoms with Crippen molar-refractivity contribution in [1.29, 1.82) is 0 Å². The lowest BCUT2D eigenvalue weighted by molar-refractivity contribution is -0.113. The summed E-state index contributed by atoms with van der Waals surface area (Å²) in [4.78, 5) is 37.9. The average molecular weight is 548 g/mol. The topological polar surface area (TPSA) is 133 Å². The fraction of sp³-hybridized carbons (Fsp3) is 0.259. The predicted octanol–water partition coefficient (Wildman–Crippen LogP) is 3.11. The van der Waals surface area contributed by atoms with Crippen LogP contribution in [0.3, 0.4) is 0 Å². The first-order valence-corrected chi connectivity index (χ1v) is 13.1. The fourth-order valence-electron chi connectivity index (χ4n) is 4.51. The molecule has 1 aliphatic rings. The molecule has 0 spiro atoms. The third-order valence-corrected chi connectivity index (χ3v) is 6.82. The second-order valence-corrected chi connectivity index (χ2v) is 9.61. The Bertz CT molecular complexity index is 1480. The van der Waals surface area contributed by atoms with Crippen molar-refractivity contribution in [3.8, 4) is 0 Å². The molecule has 0 aliphatic carbocycles. The van der Waals surface area contributed by atoms with Gasteiger partial charge in [-0.1, -0.05) is 12.1 Å². The molecule has 0 radical (unpaired) electrons. The molecule has 12 heteroatoms. The Labute approximate surface area is 231 Å². The standard InChI is InChI=1S/C27H30ClN9O2/c1-35-11-13-36(14-12-35)21-7-5-19(6-8-21)33-25-23(24(29)39)26-30-9-10-37(26)27(34-25)31-17-18-3-2-4-20(15-18)32-22(38)16-28/h2-10,15,33H,11-14,16-17H2,1H3,(H2,29,39)(H,31,34)(H,32,38). The zero-order chi connectivity index (χ0) is 27.4. The van der Waals surface area contributed by atoms with E-state index in [0.717, 1.165) is 43.1 Å². The number of carbonyl (C=O) groups excluding carboxylic acids is 2. The lowest BCUT2D eigenvalue weighted by Crippen LogP contribution is -2.44. The minimum absolute atomic E-state index is 0.119. The zero-order valence-corrected chi connectivity index (χ0v) is 22.3. The highest BCUT2D eigenvalue weighted by Gasteiger charge is 2.20. The molecule has 2 amide bonds. The number of benzene rings is 2. The third kappa shape index (κ3) is 6.05. The molecule has 0 bridgehead atoms. The summed E-state index contributed by atoms with van der Waals surface area (Å²) >= 11 is 5.60. The van der Waals surface area contributed by atoms with Gasteiger partial charge in [-0.15, -0.1) is 11.6 Å². The van der Waals surface area contributed by atoms with Crippen LogP contribution in [0.4, 0.5) is 28.8 Å². The predicted molar refractivity (Wildman–Crippen MR) is 154 cm³/mol. The van der Waals surface area contributed by atoms with Crippen molar-refractivity contribution in [3.63, 3.8) is 0 Å². The first-order valence-electron chi connectivity index (χ1n) is 12.6. The maximum absolute atomic E-state index is 12.5. The van der Waals surface area contributed by atoms with Crippen molar-refractivity contribution in [2.45, 2.75) is 6.54 Å². The summed E-state index contributed by atoms with van der Waals surface area (Å²) in [6, 6.07) is 15.4. The number of primary amides is 1. The van der Waals surface area contributed by atoms with Gasteiger partial charge in [0.05, 0.1) is 0 Å². The van der Waals surface area contributed by atoms with E-state index >= 15 is 0 Å². The summed E-state index contributed by atoms with van der Waals surface area (Å²) in [6.45, 7) is 4.41. The molecule has 5 N–H and O–H groups in total. The van der Waals surface area contributed by atoms with E-state index in [0.29, 0.717) is 29.6 Å². The van der Waals surface area contributed by atoms with E-state index in [-0.39, 0.29) is 17.4 Å². The van der Waals surface area contributed by atoms with E-state index in [4.69, 9.17) is 22.3 Å². The molecule has 1 fully saturated rings. The van der Waals surface area contributed by atoms with E-state index in [1.54, 1.807) is 22.9 Å². The molecule has 0 saturated carbocycles. The number of likely N-dealkylation sites (N-methyl/N-ethyl adjacent to an activating group) is 1. The Hall–Kier alpha value is -4.35. The van der Waals surface area contributed by atoms with Crippen molar-refractivity contribution >= 4 is 57.9 Å². The maximum Gasteiger partial charge on any atom is 0.256 e. The number of nitrogens with zero attached hydrogens (tertiary/aromatic N) is 5. The van der Waals surface area contributed by atoms with Crippen molar-refractivity contribution in [2.75, 3.05) is 60.0 Å². The highest BCUT2D eigenvalue weighted by molar-refractivity contribution is 6.29. The highest BCUT2D eigenvalue weighted by atomic mass is 35.5. The lowest BCUT2D eigenvalue weighted by Gasteiger charge is -2.34. The van der Waals surface area contributed by atoms with Crippen molar-refractivity contribution in [3.05, 3.63) is 72.1 Å². The van der Waals surface area contributed by atoms with Gasteiger partial charge in [-0.3, -0.25) is 14.0 Å². The number of fused-ring (bicyclic) bond motifs is 1. The molecule has 11 nitrogen and oxygen atoms in total. The van der Waals surface area contributed by atoms with Gasteiger partial charge in [0.25, 0.3) is 5.91 Å². The van der Waals surface area contributed by atoms with E-state index in [9.17, 15) is 9.59 Å². The molecular weight excluding hydrogens is 518 g/mol. The third-order valence-electron chi connectivity index (χ3n) is 6.57. The quantitative estimate of drug-likeness (QED) is 0.235. The summed E-state index contributed by atoms with van der Waals surface area (Å²) in [6.07, 6.45) is 3.30. The van der Waals surface area contributed by atoms with Gasteiger partial charge < -0.3 is 31.5 Å². The number of amides is 2. The van der Waals surface area contributed by atoms with Gasteiger partial charge >= 0.3 is 0 Å². The minimum Gasteiger partial charge on any atom is -0.369 e. The van der Waals surface area contributed by atoms with Gasteiger partial charge in [-0.25, -0.2) is 4.98 Å². The maximum atomic E-state index is 12.5. The number of hydrogen-bond acceptors (Lipinski definition) is 8. The number of carbonyl (C=O) groups is 2. The van der Waals surface area contributed by atoms with Crippen molar-refractivity contribution in [1.82, 2.24) is 19.3 Å². The summed E-state index contributed by atoms with van der Waals surface area (Å²) in [5.41, 5.74) is 9.81. The van der Waals surface area contributed by atoms with Gasteiger partial charge in [0, 0.05) is 62.2 Å². The van der Waals surface area contributed by atoms with Crippen LogP contribution in [0.2, 0.25) is 0 Å². The number of hydrogen-bond donors (Lipinski definition) is 4. The summed E-state index contributed by atoms with van der Waals surface area (Å²) in [5, 5.41) is 9.30. The number of rotatable bonds is 9. The Kier molecular flexibility index (Phi) is 7.80. The molecule has 5 rings (SSSR count). The number of halogens is 1. The summed E-state index contributed by atoms with van der Waals surface area (Å²) < 4.78 is 1.68. The zero-order valence-electron chi connectivity index (χ0n) is 21.5. The van der Waals surface area contributed by atoms with E-state index < -0.39 is 5.91 Å². The molecule has 202 valence electrons. The van der Waals surface area contributed by atoms with Crippen LogP contribution in [0.25, 0.3) is 5.65 Å². The lowest BCUT2D eigenvalue weighted by atomic mass is 10.2. The number of anilines is 5. The number of aromatic nitrogens is 3. The largest absolute Gasteiger partial charge is 0.369 e. The second kappa shape index (κ2) is 11.6. The Balaban J connectivity index is 1.39. The van der Waals surface area contributed by atoms with Crippen LogP contribution in [0.1, 0.15) is 15.9 Å². The van der Waals surface area contributed by atoms with Crippen LogP contribution in [0, 0.1) is 0 Å². The first kappa shape index (κ1) is 26.3. The molecule has 4 aromatic rings. The number of imidazole rings is 1. The number of piperazine rings is 1. The van der Waals surface area contributed by atoms with Gasteiger partial charge in [0.15, 0.2) is 11.5 Å². The first-order chi connectivity index (χ1) is 18.9. The Morgan fingerprint density at radius 2 is 1.82 bits per heavy atom. The van der Waals surface area contributed by atoms with Crippen LogP contribution in [0.5, 0.6) is 0 Å². The molecule has 2 aromatic heterocycles. The smallest absolute Gasteiger partial charge is 0.256 e. The Morgan fingerprint density at radius 1 is 1.05 bits per heavy atom. The van der Waals surface area contributed by atoms with Crippen molar-refractivity contribution in [2.24, 2.45) is 5.73 Å². The van der Waals surface area contributed by atoms with Gasteiger partial charge in [-0.05, 0) is 49.0 Å². The molecular formula is C27H30ClN9O2. The fourth-order valence-corrected chi connectivity index (χ4v) is 4.58. The summed E-state index contributed by atoms with van der Waals surface area (Å²) in [5.74, 6) is -0.258. The summed E-state index contributed by atoms with van der Waals surface area (Å²) in [7, 11) is 2.13. The number of alkyl halides is 1. The van der Waals surface area contributed by atoms with Crippen LogP contribution < -0.4 is 26.6 Å². The monoisotopic (exact) mass is 547 g/mol. The van der Waals surface area contributed by atoms with Crippen LogP contribution >= 0.6 is 11.6 Å². The molecule has 1 aliphatic heterocycles. The second-order valence-electron chi connectivity index (χ2n) is 9.34. The van der Waals surface area contributed by atoms with E-state index in [1.165, 1.54) is 0 Å². The van der Waals surface area contributed by atoms with E-state index in [1.807, 2.05) is 30.3 Å². The number of nitrogens with two attached hydrogens (primary N) is 1. The van der Waals surface area contributed by atoms with E-state index in [2.05, 4.69) is 49.9 Å². The Morgan fingerprint density at radius 3 is 2.54 bits per heavy atom. The molecule has 1 saturated heterocycles. The molecule has 0 atom stereocenters. The van der Waals surface area contributed by atoms with Gasteiger partial charge in [0.2, 0.25) is 11.9 Å². The van der Waals surface area contributed by atoms with Gasteiger partial charge in [-0.2, -0.15) is 4.98 Å². The molecule has 39 heavy (non-hydrogen) atoms. The molecule has 2 aromatic carbocycles. The van der Waals surface area contributed by atoms with Crippen LogP contribution in [0.15, 0.2) is 60.9 Å². The number of nitrogens with one attached hydrogen (secondary N) is 3. The van der Waals surface area contributed by atoms with Crippen molar-refractivity contribution < 1.29 is 9.59 Å². The SMILES string of the molecule is CN1CCN(c2ccc(Nc3nc(NCc4cccc(NC(=O)CCl)c4)n4ccnc4c3C(N)=O)cc2)CC1. The van der Waals surface area contributed by atoms with Gasteiger partial charge in [0.1, 0.15) is 11.4 Å². The highest BCUT2D eigenvalue weighted by Crippen LogP contribution is 2.27. The van der Waals surface area contributed by atoms with Crippen LogP contribution in [-0.2, 0) is 11.3 Å². The average Bonchev–Trinajstić information content (AvgIpc) is 3.42. The molecule has 0 unspecified atom stereocenters. The van der Waals surface area contributed by atoms with Crippen LogP contribution in [-0.4, -0.2) is 70.2 Å².